The number of hydrogen-bond donors (Lipinski definition) is 0. The summed E-state index contributed by atoms with van der Waals surface area (Å²) in [6.07, 6.45) is 7.90. The highest BCUT2D eigenvalue weighted by Gasteiger charge is 2.31. The smallest absolute Gasteiger partial charge is 0.248 e. The van der Waals surface area contributed by atoms with Crippen molar-refractivity contribution in [2.45, 2.75) is 0 Å². The summed E-state index contributed by atoms with van der Waals surface area (Å²) in [7, 11) is 2.03. The van der Waals surface area contributed by atoms with Crippen molar-refractivity contribution in [1.29, 1.82) is 0 Å². The first kappa shape index (κ1) is 22.8. The van der Waals surface area contributed by atoms with Gasteiger partial charge in [-0.1, -0.05) is 42.5 Å². The molecule has 1 aliphatic rings. The molecule has 0 fully saturated rings. The summed E-state index contributed by atoms with van der Waals surface area (Å²) in [4.78, 5) is 8.97. The first-order valence-corrected chi connectivity index (χ1v) is 12.9. The number of pyridine rings is 1. The van der Waals surface area contributed by atoms with Gasteiger partial charge in [-0.25, -0.2) is 14.1 Å². The van der Waals surface area contributed by atoms with E-state index >= 15 is 0 Å². The summed E-state index contributed by atoms with van der Waals surface area (Å²) < 4.78 is 10.4. The minimum atomic E-state index is 0.558. The maximum absolute atomic E-state index is 6.19. The van der Waals surface area contributed by atoms with Gasteiger partial charge in [-0.15, -0.1) is 0 Å². The molecule has 6 heteroatoms. The van der Waals surface area contributed by atoms with Gasteiger partial charge < -0.3 is 14.5 Å². The Morgan fingerprint density at radius 2 is 1.31 bits per heavy atom. The molecule has 0 amide bonds. The molecule has 0 unspecified atom stereocenters. The van der Waals surface area contributed by atoms with Crippen molar-refractivity contribution in [3.63, 3.8) is 0 Å². The summed E-state index contributed by atoms with van der Waals surface area (Å²) in [6.45, 7) is 0. The van der Waals surface area contributed by atoms with E-state index in [2.05, 4.69) is 117 Å². The largest absolute Gasteiger partial charge is 0.439 e. The lowest BCUT2D eigenvalue weighted by molar-refractivity contribution is -0.670. The third-order valence-corrected chi connectivity index (χ3v) is 6.82. The van der Waals surface area contributed by atoms with Crippen molar-refractivity contribution in [3.05, 3.63) is 140 Å². The van der Waals surface area contributed by atoms with E-state index in [4.69, 9.17) is 4.74 Å². The monoisotopic (exact) mass is 508 g/mol. The molecule has 2 aromatic heterocycles. The molecule has 0 bridgehead atoms. The van der Waals surface area contributed by atoms with Crippen molar-refractivity contribution in [2.24, 2.45) is 7.05 Å². The zero-order valence-electron chi connectivity index (χ0n) is 21.4. The van der Waals surface area contributed by atoms with Crippen LogP contribution in [0.25, 0.3) is 5.69 Å². The molecule has 0 radical (unpaired) electrons. The zero-order chi connectivity index (χ0) is 26.2. The molecule has 6 aromatic rings. The molecule has 0 N–H and O–H groups in total. The Hall–Kier alpha value is -5.36. The van der Waals surface area contributed by atoms with Crippen LogP contribution in [0.1, 0.15) is 0 Å². The fourth-order valence-corrected chi connectivity index (χ4v) is 5.09. The second-order valence-corrected chi connectivity index (χ2v) is 9.42. The van der Waals surface area contributed by atoms with Crippen LogP contribution in [0.3, 0.4) is 0 Å². The molecule has 0 aliphatic carbocycles. The molecule has 4 aromatic carbocycles. The van der Waals surface area contributed by atoms with Crippen LogP contribution in [-0.4, -0.2) is 9.55 Å². The lowest BCUT2D eigenvalue weighted by Gasteiger charge is -2.40. The lowest BCUT2D eigenvalue weighted by Crippen LogP contribution is -2.24. The van der Waals surface area contributed by atoms with E-state index in [-0.39, 0.29) is 0 Å². The van der Waals surface area contributed by atoms with Crippen molar-refractivity contribution in [3.8, 4) is 17.3 Å². The number of benzene rings is 4. The third-order valence-electron chi connectivity index (χ3n) is 6.82. The number of aryl methyl sites for hydroxylation is 1. The van der Waals surface area contributed by atoms with E-state index < -0.39 is 0 Å². The van der Waals surface area contributed by atoms with Crippen LogP contribution in [0.2, 0.25) is 0 Å². The molecule has 6 nitrogen and oxygen atoms in total. The average Bonchev–Trinajstić information content (AvgIpc) is 3.43. The van der Waals surface area contributed by atoms with Gasteiger partial charge in [-0.2, -0.15) is 0 Å². The predicted octanol–water partition coefficient (Wildman–Crippen LogP) is 7.74. The van der Waals surface area contributed by atoms with E-state index in [0.29, 0.717) is 5.88 Å². The molecule has 0 atom stereocenters. The van der Waals surface area contributed by atoms with Gasteiger partial charge in [0.2, 0.25) is 12.2 Å². The first-order valence-electron chi connectivity index (χ1n) is 12.9. The molecule has 188 valence electrons. The van der Waals surface area contributed by atoms with Crippen LogP contribution in [0.4, 0.5) is 34.1 Å². The molecular weight excluding hydrogens is 482 g/mol. The van der Waals surface area contributed by atoms with E-state index in [1.165, 1.54) is 0 Å². The molecule has 7 rings (SSSR count). The number of aromatic nitrogens is 3. The maximum Gasteiger partial charge on any atom is 0.248 e. The van der Waals surface area contributed by atoms with Crippen LogP contribution >= 0.6 is 0 Å². The van der Waals surface area contributed by atoms with Crippen LogP contribution < -0.4 is 19.1 Å². The summed E-state index contributed by atoms with van der Waals surface area (Å²) >= 11 is 0. The van der Waals surface area contributed by atoms with Crippen LogP contribution in [0.15, 0.2) is 140 Å². The van der Waals surface area contributed by atoms with Crippen LogP contribution in [0.5, 0.6) is 11.6 Å². The minimum absolute atomic E-state index is 0.558. The van der Waals surface area contributed by atoms with E-state index in [1.54, 1.807) is 6.20 Å². The number of fused-ring (bicyclic) bond motifs is 2. The van der Waals surface area contributed by atoms with Crippen LogP contribution in [0, 0.1) is 0 Å². The van der Waals surface area contributed by atoms with Gasteiger partial charge in [-0.3, -0.25) is 0 Å². The second kappa shape index (κ2) is 9.50. The Labute approximate surface area is 227 Å². The number of rotatable bonds is 5. The number of hydrogen-bond acceptors (Lipinski definition) is 4. The van der Waals surface area contributed by atoms with Crippen molar-refractivity contribution in [1.82, 2.24) is 9.55 Å². The van der Waals surface area contributed by atoms with Crippen molar-refractivity contribution < 1.29 is 9.30 Å². The van der Waals surface area contributed by atoms with Gasteiger partial charge in [0.25, 0.3) is 0 Å². The van der Waals surface area contributed by atoms with Gasteiger partial charge >= 0.3 is 0 Å². The molecule has 0 saturated carbocycles. The van der Waals surface area contributed by atoms with Gasteiger partial charge in [0.15, 0.2) is 0 Å². The summed E-state index contributed by atoms with van der Waals surface area (Å²) in [5, 5.41) is 0. The quantitative estimate of drug-likeness (QED) is 0.223. The number of ether oxygens (including phenoxy) is 1. The first-order chi connectivity index (χ1) is 19.2. The molecule has 0 spiro atoms. The standard InChI is InChI=1S/C33H26N5O/c1-35-20-21-36(24-35)26-12-9-13-27(22-26)38-30-15-6-5-14-29(30)37(25-10-3-2-4-11-25)31-18-17-28(23-32(31)38)39-33-16-7-8-19-34-33/h2-24H,1H3/q+1. The Morgan fingerprint density at radius 3 is 2.05 bits per heavy atom. The molecule has 0 saturated heterocycles. The highest BCUT2D eigenvalue weighted by molar-refractivity contribution is 6.01. The Bertz CT molecular complexity index is 1760. The zero-order valence-corrected chi connectivity index (χ0v) is 21.4. The molecule has 3 heterocycles. The van der Waals surface area contributed by atoms with E-state index in [0.717, 1.165) is 45.6 Å². The van der Waals surface area contributed by atoms with Gasteiger partial charge in [0, 0.05) is 30.1 Å². The van der Waals surface area contributed by atoms with Crippen molar-refractivity contribution >= 4 is 34.1 Å². The third kappa shape index (κ3) is 4.18. The maximum atomic E-state index is 6.19. The second-order valence-electron chi connectivity index (χ2n) is 9.42. The average molecular weight is 509 g/mol. The van der Waals surface area contributed by atoms with Gasteiger partial charge in [-0.05, 0) is 54.6 Å². The van der Waals surface area contributed by atoms with Gasteiger partial charge in [0.05, 0.1) is 35.5 Å². The Morgan fingerprint density at radius 1 is 0.615 bits per heavy atom. The normalized spacial score (nSPS) is 12.1. The van der Waals surface area contributed by atoms with E-state index in [9.17, 15) is 0 Å². The molecule has 1 aliphatic heterocycles. The lowest BCUT2D eigenvalue weighted by atomic mass is 10.0. The highest BCUT2D eigenvalue weighted by Crippen LogP contribution is 2.55. The fourth-order valence-electron chi connectivity index (χ4n) is 5.09. The van der Waals surface area contributed by atoms with Crippen LogP contribution in [-0.2, 0) is 7.05 Å². The molecule has 39 heavy (non-hydrogen) atoms. The van der Waals surface area contributed by atoms with E-state index in [1.807, 2.05) is 48.1 Å². The Balaban J connectivity index is 1.43. The summed E-state index contributed by atoms with van der Waals surface area (Å²) in [5.41, 5.74) is 7.50. The Kier molecular flexibility index (Phi) is 5.56. The van der Waals surface area contributed by atoms with Gasteiger partial charge in [0.1, 0.15) is 23.8 Å². The number of nitrogens with zero attached hydrogens (tertiary/aromatic N) is 5. The highest BCUT2D eigenvalue weighted by atomic mass is 16.5. The molecular formula is C33H26N5O+. The number of para-hydroxylation sites is 3. The minimum Gasteiger partial charge on any atom is -0.439 e. The number of anilines is 6. The number of imidazole rings is 1. The SMILES string of the molecule is C[n+]1ccn(-c2cccc(N3c4ccccc4N(c4ccccc4)c4ccc(Oc5ccccn5)cc43)c2)c1. The fraction of sp³-hybridized carbons (Fsp3) is 0.0303. The summed E-state index contributed by atoms with van der Waals surface area (Å²) in [6, 6.07) is 39.5. The topological polar surface area (TPSA) is 37.4 Å². The predicted molar refractivity (Wildman–Crippen MR) is 154 cm³/mol. The van der Waals surface area contributed by atoms with Crippen molar-refractivity contribution in [2.75, 3.05) is 9.80 Å². The summed E-state index contributed by atoms with van der Waals surface area (Å²) in [5.74, 6) is 1.28.